The third kappa shape index (κ3) is 9.24. The summed E-state index contributed by atoms with van der Waals surface area (Å²) in [7, 11) is 4.70. The number of hydrogen-bond donors (Lipinski definition) is 4. The molecule has 0 bridgehead atoms. The Morgan fingerprint density at radius 2 is 1.70 bits per heavy atom. The number of rotatable bonds is 12. The Kier molecular flexibility index (Phi) is 12.5. The highest BCUT2D eigenvalue weighted by Gasteiger charge is 2.31. The number of piperidine rings is 2. The van der Waals surface area contributed by atoms with Gasteiger partial charge in [-0.1, -0.05) is 30.0 Å². The molecule has 63 heavy (non-hydrogen) atoms. The summed E-state index contributed by atoms with van der Waals surface area (Å²) in [6.07, 6.45) is 7.64. The van der Waals surface area contributed by atoms with Gasteiger partial charge in [0.15, 0.2) is 17.4 Å². The van der Waals surface area contributed by atoms with E-state index < -0.39 is 17.8 Å². The maximum atomic E-state index is 13.5. The van der Waals surface area contributed by atoms with Crippen molar-refractivity contribution in [2.75, 3.05) is 44.5 Å². The molecule has 0 spiro atoms. The minimum absolute atomic E-state index is 0.0597. The number of para-hydroxylation sites is 2. The topological polar surface area (TPSA) is 200 Å². The molecule has 4 aromatic heterocycles. The van der Waals surface area contributed by atoms with Crippen LogP contribution in [0.25, 0.3) is 22.4 Å². The molecule has 2 aliphatic heterocycles. The number of ether oxygens (including phenoxy) is 2. The number of aromatic nitrogens is 6. The number of amides is 3. The number of benzene rings is 2. The lowest BCUT2D eigenvalue weighted by atomic mass is 10.1. The number of nitrogens with zero attached hydrogens (tertiary/aromatic N) is 7. The Balaban J connectivity index is 0.856. The number of anilines is 4. The summed E-state index contributed by atoms with van der Waals surface area (Å²) in [6.45, 7) is 2.64. The number of pyridine rings is 2. The van der Waals surface area contributed by atoms with Gasteiger partial charge in [-0.05, 0) is 55.2 Å². The molecular weight excluding hydrogens is 810 g/mol. The fourth-order valence-corrected chi connectivity index (χ4v) is 7.85. The van der Waals surface area contributed by atoms with Gasteiger partial charge in [0.1, 0.15) is 24.3 Å². The van der Waals surface area contributed by atoms with Gasteiger partial charge in [0.25, 0.3) is 5.91 Å². The highest BCUT2D eigenvalue weighted by Crippen LogP contribution is 2.37. The Morgan fingerprint density at radius 1 is 0.921 bits per heavy atom. The van der Waals surface area contributed by atoms with Crippen LogP contribution in [0.4, 0.5) is 27.4 Å². The van der Waals surface area contributed by atoms with Crippen LogP contribution in [0.3, 0.4) is 0 Å². The summed E-state index contributed by atoms with van der Waals surface area (Å²) in [5.74, 6) is 6.24. The maximum Gasteiger partial charge on any atom is 0.329 e. The molecule has 2 fully saturated rings. The quantitative estimate of drug-likeness (QED) is 0.0986. The molecule has 18 heteroatoms. The van der Waals surface area contributed by atoms with Gasteiger partial charge in [0, 0.05) is 58.6 Å². The average Bonchev–Trinajstić information content (AvgIpc) is 3.55. The molecule has 17 nitrogen and oxygen atoms in total. The molecule has 0 radical (unpaired) electrons. The lowest BCUT2D eigenvalue weighted by Crippen LogP contribution is -2.44. The first-order valence-electron chi connectivity index (χ1n) is 20.3. The van der Waals surface area contributed by atoms with Crippen molar-refractivity contribution in [1.82, 2.24) is 44.6 Å². The van der Waals surface area contributed by atoms with E-state index in [1.165, 1.54) is 29.5 Å². The predicted molar refractivity (Wildman–Crippen MR) is 232 cm³/mol. The van der Waals surface area contributed by atoms with Crippen molar-refractivity contribution in [2.45, 2.75) is 44.4 Å². The van der Waals surface area contributed by atoms with Crippen molar-refractivity contribution in [3.63, 3.8) is 0 Å². The number of fused-ring (bicyclic) bond motifs is 1. The number of aryl methyl sites for hydroxylation is 1. The third-order valence-electron chi connectivity index (χ3n) is 11.0. The van der Waals surface area contributed by atoms with E-state index in [0.29, 0.717) is 56.5 Å². The van der Waals surface area contributed by atoms with Gasteiger partial charge in [-0.2, -0.15) is 0 Å². The number of carbonyl (C=O) groups excluding carboxylic acids is 3. The van der Waals surface area contributed by atoms with Crippen LogP contribution in [-0.2, 0) is 27.9 Å². The van der Waals surface area contributed by atoms with Crippen LogP contribution in [0.15, 0.2) is 84.2 Å². The molecule has 4 N–H and O–H groups in total. The normalized spacial score (nSPS) is 15.7. The predicted octanol–water partition coefficient (Wildman–Crippen LogP) is 4.59. The van der Waals surface area contributed by atoms with Crippen LogP contribution >= 0.6 is 0 Å². The van der Waals surface area contributed by atoms with E-state index in [2.05, 4.69) is 57.9 Å². The van der Waals surface area contributed by atoms with Gasteiger partial charge >= 0.3 is 5.69 Å². The fraction of sp³-hybridized carbons (Fsp3) is 0.289. The van der Waals surface area contributed by atoms with E-state index in [9.17, 15) is 23.6 Å². The second-order valence-corrected chi connectivity index (χ2v) is 15.0. The molecule has 8 rings (SSSR count). The summed E-state index contributed by atoms with van der Waals surface area (Å²) < 4.78 is 28.3. The molecule has 2 aromatic carbocycles. The standard InChI is InChI=1S/C45H44FN11O6/c1-47-43(59)32-25-49-38(21-34(32)52-33-10-5-9-31(41(33)62-3)42-50-23-29(46)24-51-42)53-37-14-12-27(22-48-37)26-56-18-16-30(17-19-56)63-20-6-8-28-7-4-11-35-40(28)55(2)45(61)57(35)36-13-15-39(58)54-44(36)60/h4-5,7,9-12,14,21-25,30,36H,13,15-20,26H2,1-3H3,(H,47,59)(H,54,58,60)(H2,48,49,52,53). The van der Waals surface area contributed by atoms with Crippen LogP contribution in [0.5, 0.6) is 5.75 Å². The summed E-state index contributed by atoms with van der Waals surface area (Å²) in [4.78, 5) is 70.0. The van der Waals surface area contributed by atoms with Gasteiger partial charge in [-0.25, -0.2) is 29.1 Å². The van der Waals surface area contributed by atoms with Crippen LogP contribution in [0.2, 0.25) is 0 Å². The minimum Gasteiger partial charge on any atom is -0.494 e. The zero-order chi connectivity index (χ0) is 44.0. The second-order valence-electron chi connectivity index (χ2n) is 15.0. The van der Waals surface area contributed by atoms with E-state index in [1.54, 1.807) is 43.4 Å². The molecule has 2 saturated heterocycles. The molecule has 6 aromatic rings. The van der Waals surface area contributed by atoms with Gasteiger partial charge in [-0.15, -0.1) is 0 Å². The van der Waals surface area contributed by atoms with E-state index >= 15 is 0 Å². The molecule has 322 valence electrons. The maximum absolute atomic E-state index is 13.5. The summed E-state index contributed by atoms with van der Waals surface area (Å²) in [6, 6.07) is 15.6. The molecule has 1 unspecified atom stereocenters. The number of carbonyl (C=O) groups is 3. The van der Waals surface area contributed by atoms with Gasteiger partial charge in [-0.3, -0.25) is 33.7 Å². The van der Waals surface area contributed by atoms with E-state index in [4.69, 9.17) is 9.47 Å². The first kappa shape index (κ1) is 42.2. The van der Waals surface area contributed by atoms with Crippen LogP contribution in [-0.4, -0.2) is 91.6 Å². The number of halogens is 1. The number of nitrogens with one attached hydrogen (secondary N) is 4. The first-order valence-corrected chi connectivity index (χ1v) is 20.3. The highest BCUT2D eigenvalue weighted by molar-refractivity contribution is 6.01. The number of imide groups is 1. The Labute approximate surface area is 361 Å². The summed E-state index contributed by atoms with van der Waals surface area (Å²) in [5.41, 5.74) is 4.38. The average molecular weight is 854 g/mol. The van der Waals surface area contributed by atoms with E-state index in [-0.39, 0.29) is 48.9 Å². The largest absolute Gasteiger partial charge is 0.494 e. The van der Waals surface area contributed by atoms with Crippen molar-refractivity contribution >= 4 is 51.8 Å². The Morgan fingerprint density at radius 3 is 2.43 bits per heavy atom. The zero-order valence-electron chi connectivity index (χ0n) is 34.8. The van der Waals surface area contributed by atoms with E-state index in [1.807, 2.05) is 24.4 Å². The smallest absolute Gasteiger partial charge is 0.329 e. The molecule has 0 aliphatic carbocycles. The number of hydrogen-bond acceptors (Lipinski definition) is 13. The van der Waals surface area contributed by atoms with Crippen LogP contribution in [0.1, 0.15) is 53.2 Å². The third-order valence-corrected chi connectivity index (χ3v) is 11.0. The fourth-order valence-electron chi connectivity index (χ4n) is 7.85. The van der Waals surface area contributed by atoms with Crippen LogP contribution < -0.4 is 31.7 Å². The van der Waals surface area contributed by atoms with Crippen molar-refractivity contribution in [3.05, 3.63) is 112 Å². The van der Waals surface area contributed by atoms with Gasteiger partial charge in [0.05, 0.1) is 64.7 Å². The Bertz CT molecular complexity index is 2810. The lowest BCUT2D eigenvalue weighted by Gasteiger charge is -2.31. The minimum atomic E-state index is -0.761. The molecule has 1 atom stereocenters. The van der Waals surface area contributed by atoms with E-state index in [0.717, 1.165) is 50.4 Å². The van der Waals surface area contributed by atoms with Gasteiger partial charge < -0.3 is 25.4 Å². The van der Waals surface area contributed by atoms with Crippen molar-refractivity contribution in [2.24, 2.45) is 7.05 Å². The number of methoxy groups -OCH3 is 1. The van der Waals surface area contributed by atoms with Crippen LogP contribution in [0, 0.1) is 17.7 Å². The number of likely N-dealkylation sites (tertiary alicyclic amines) is 1. The lowest BCUT2D eigenvalue weighted by molar-refractivity contribution is -0.135. The number of imidazole rings is 1. The summed E-state index contributed by atoms with van der Waals surface area (Å²) in [5, 5.41) is 11.5. The monoisotopic (exact) mass is 853 g/mol. The molecule has 6 heterocycles. The summed E-state index contributed by atoms with van der Waals surface area (Å²) >= 11 is 0. The molecule has 2 aliphatic rings. The second kappa shape index (κ2) is 18.6. The van der Waals surface area contributed by atoms with Crippen molar-refractivity contribution in [1.29, 1.82) is 0 Å². The molecule has 3 amide bonds. The molecular formula is C45H44FN11O6. The highest BCUT2D eigenvalue weighted by atomic mass is 19.1. The van der Waals surface area contributed by atoms with Crippen molar-refractivity contribution in [3.8, 4) is 29.0 Å². The van der Waals surface area contributed by atoms with Crippen molar-refractivity contribution < 1.29 is 28.2 Å². The SMILES string of the molecule is CNC(=O)c1cnc(Nc2ccc(CN3CCC(OCC#Cc4cccc5c4n(C)c(=O)n5C4CCC(=O)NC4=O)CC3)cn2)cc1Nc1cccc(-c2ncc(F)cn2)c1OC. The first-order chi connectivity index (χ1) is 30.6. The Hall–Kier alpha value is -7.49. The molecule has 0 saturated carbocycles. The van der Waals surface area contributed by atoms with Gasteiger partial charge in [0.2, 0.25) is 11.8 Å². The zero-order valence-corrected chi connectivity index (χ0v) is 34.8.